The third-order valence-electron chi connectivity index (χ3n) is 7.89. The molecule has 1 aliphatic carbocycles. The molecule has 4 N–H and O–H groups in total. The van der Waals surface area contributed by atoms with Crippen LogP contribution < -0.4 is 16.0 Å². The number of amides is 3. The van der Waals surface area contributed by atoms with Crippen molar-refractivity contribution >= 4 is 55.8 Å². The van der Waals surface area contributed by atoms with Gasteiger partial charge >= 0.3 is 5.97 Å². The molecular formula is C31H34N6O7S2. The fraction of sp³-hybridized carbons (Fsp3) is 0.323. The van der Waals surface area contributed by atoms with Crippen LogP contribution in [0.25, 0.3) is 5.57 Å². The van der Waals surface area contributed by atoms with Gasteiger partial charge in [0, 0.05) is 44.0 Å². The van der Waals surface area contributed by atoms with Crippen LogP contribution in [0.3, 0.4) is 0 Å². The zero-order valence-corrected chi connectivity index (χ0v) is 26.6. The number of hydrogen-bond acceptors (Lipinski definition) is 9. The van der Waals surface area contributed by atoms with Crippen molar-refractivity contribution in [3.8, 4) is 0 Å². The predicted octanol–water partition coefficient (Wildman–Crippen LogP) is 1.92. The highest BCUT2D eigenvalue weighted by Crippen LogP contribution is 2.40. The largest absolute Gasteiger partial charge is 0.481 e. The summed E-state index contributed by atoms with van der Waals surface area (Å²) in [6, 6.07) is 11.2. The second-order valence-electron chi connectivity index (χ2n) is 11.3. The summed E-state index contributed by atoms with van der Waals surface area (Å²) in [7, 11) is -3.54. The maximum Gasteiger partial charge on any atom is 0.304 e. The second kappa shape index (κ2) is 13.8. The van der Waals surface area contributed by atoms with Gasteiger partial charge in [-0.25, -0.2) is 13.4 Å². The summed E-state index contributed by atoms with van der Waals surface area (Å²) in [5.74, 6) is -2.32. The smallest absolute Gasteiger partial charge is 0.304 e. The van der Waals surface area contributed by atoms with Gasteiger partial charge in [-0.15, -0.1) is 11.3 Å². The normalized spacial score (nSPS) is 18.3. The fourth-order valence-corrected chi connectivity index (χ4v) is 6.73. The van der Waals surface area contributed by atoms with Crippen molar-refractivity contribution in [3.63, 3.8) is 0 Å². The standard InChI is InChI=1S/C31H34N6O7S2/c1-46(43,44)37-13-9-23(18-37)28(41)32-15-26(38)35-30-34-25(19-45-30)31(11-5-8-22(14-31)21-6-3-2-4-7-21)20-33-29(42)24-16-36(17-24)12-10-27(39)40/h2-9,11,13,18-19,24H,10,12,14-17,20H2,1H3,(H,32,41)(H,33,42)(H,39,40)(H,34,35,38). The fourth-order valence-electron chi connectivity index (χ4n) is 5.31. The molecule has 5 rings (SSSR count). The van der Waals surface area contributed by atoms with E-state index in [1.807, 2.05) is 58.8 Å². The molecular weight excluding hydrogens is 633 g/mol. The number of thiazole rings is 1. The van der Waals surface area contributed by atoms with Crippen molar-refractivity contribution in [2.75, 3.05) is 44.3 Å². The van der Waals surface area contributed by atoms with Crippen molar-refractivity contribution in [2.24, 2.45) is 5.92 Å². The summed E-state index contributed by atoms with van der Waals surface area (Å²) in [6.07, 6.45) is 9.99. The van der Waals surface area contributed by atoms with Crippen LogP contribution in [0.15, 0.2) is 72.4 Å². The molecule has 0 spiro atoms. The molecule has 1 saturated heterocycles. The molecule has 1 atom stereocenters. The highest BCUT2D eigenvalue weighted by atomic mass is 32.2. The Morgan fingerprint density at radius 1 is 1.11 bits per heavy atom. The van der Waals surface area contributed by atoms with Crippen LogP contribution in [-0.4, -0.2) is 90.1 Å². The number of aromatic nitrogens is 2. The molecule has 1 fully saturated rings. The third-order valence-corrected chi connectivity index (χ3v) is 9.64. The summed E-state index contributed by atoms with van der Waals surface area (Å²) in [6.45, 7) is 1.32. The molecule has 15 heteroatoms. The summed E-state index contributed by atoms with van der Waals surface area (Å²) in [5, 5.41) is 19.3. The highest BCUT2D eigenvalue weighted by molar-refractivity contribution is 7.89. The number of rotatable bonds is 13. The topological polar surface area (TPSA) is 180 Å². The predicted molar refractivity (Wildman–Crippen MR) is 173 cm³/mol. The van der Waals surface area contributed by atoms with E-state index in [1.54, 1.807) is 0 Å². The third kappa shape index (κ3) is 7.97. The van der Waals surface area contributed by atoms with Gasteiger partial charge < -0.3 is 26.0 Å². The molecule has 0 bridgehead atoms. The first kappa shape index (κ1) is 32.8. The molecule has 0 saturated carbocycles. The lowest BCUT2D eigenvalue weighted by Gasteiger charge is -2.39. The molecule has 13 nitrogen and oxygen atoms in total. The van der Waals surface area contributed by atoms with Crippen LogP contribution in [0.2, 0.25) is 0 Å². The van der Waals surface area contributed by atoms with Crippen molar-refractivity contribution in [2.45, 2.75) is 18.3 Å². The van der Waals surface area contributed by atoms with Crippen LogP contribution in [0.4, 0.5) is 5.13 Å². The van der Waals surface area contributed by atoms with Crippen molar-refractivity contribution in [1.29, 1.82) is 0 Å². The minimum atomic E-state index is -3.54. The molecule has 1 aliphatic heterocycles. The van der Waals surface area contributed by atoms with Crippen LogP contribution >= 0.6 is 11.3 Å². The zero-order valence-electron chi connectivity index (χ0n) is 25.0. The van der Waals surface area contributed by atoms with E-state index in [2.05, 4.69) is 16.0 Å². The van der Waals surface area contributed by atoms with Gasteiger partial charge in [0.05, 0.1) is 41.8 Å². The first-order valence-electron chi connectivity index (χ1n) is 14.5. The molecule has 242 valence electrons. The SMILES string of the molecule is CS(=O)(=O)n1ccc(C(=O)NCC(=O)Nc2nc(C3(CNC(=O)C4CN(CCC(=O)O)C4)C=CC=C(c4ccccc4)C3)cs2)c1. The first-order chi connectivity index (χ1) is 21.9. The van der Waals surface area contributed by atoms with E-state index in [9.17, 15) is 27.6 Å². The quantitative estimate of drug-likeness (QED) is 0.212. The van der Waals surface area contributed by atoms with E-state index in [1.165, 1.54) is 29.8 Å². The number of nitrogens with zero attached hydrogens (tertiary/aromatic N) is 3. The minimum Gasteiger partial charge on any atom is -0.481 e. The number of anilines is 1. The number of carboxylic acids is 1. The molecule has 3 aromatic rings. The van der Waals surface area contributed by atoms with Gasteiger partial charge in [-0.3, -0.25) is 23.2 Å². The Kier molecular flexibility index (Phi) is 9.84. The Hall–Kier alpha value is -4.60. The molecule has 3 amide bonds. The van der Waals surface area contributed by atoms with Gasteiger partial charge in [-0.2, -0.15) is 0 Å². The van der Waals surface area contributed by atoms with Gasteiger partial charge in [0.25, 0.3) is 5.91 Å². The number of carbonyl (C=O) groups is 4. The minimum absolute atomic E-state index is 0.0332. The lowest BCUT2D eigenvalue weighted by atomic mass is 9.74. The average Bonchev–Trinajstić information content (AvgIpc) is 3.70. The number of aliphatic carboxylic acids is 1. The van der Waals surface area contributed by atoms with E-state index in [0.29, 0.717) is 36.9 Å². The van der Waals surface area contributed by atoms with Gasteiger partial charge in [0.2, 0.25) is 21.8 Å². The Morgan fingerprint density at radius 2 is 1.87 bits per heavy atom. The number of carbonyl (C=O) groups excluding carboxylic acids is 3. The van der Waals surface area contributed by atoms with E-state index < -0.39 is 33.2 Å². The van der Waals surface area contributed by atoms with Crippen molar-refractivity contribution < 1.29 is 32.7 Å². The Balaban J connectivity index is 1.24. The van der Waals surface area contributed by atoms with Gasteiger partial charge in [-0.05, 0) is 23.6 Å². The Labute approximate surface area is 270 Å². The van der Waals surface area contributed by atoms with Crippen LogP contribution in [0.1, 0.15) is 34.5 Å². The molecule has 2 aliphatic rings. The van der Waals surface area contributed by atoms with E-state index in [0.717, 1.165) is 21.4 Å². The number of nitrogens with one attached hydrogen (secondary N) is 3. The summed E-state index contributed by atoms with van der Waals surface area (Å²) < 4.78 is 24.2. The molecule has 3 heterocycles. The molecule has 46 heavy (non-hydrogen) atoms. The molecule has 1 aromatic carbocycles. The zero-order chi connectivity index (χ0) is 32.9. The molecule has 1 unspecified atom stereocenters. The monoisotopic (exact) mass is 666 g/mol. The summed E-state index contributed by atoms with van der Waals surface area (Å²) >= 11 is 1.22. The Bertz CT molecular complexity index is 1790. The number of likely N-dealkylation sites (tertiary alicyclic amines) is 1. The van der Waals surface area contributed by atoms with E-state index >= 15 is 0 Å². The highest BCUT2D eigenvalue weighted by Gasteiger charge is 2.38. The van der Waals surface area contributed by atoms with Crippen molar-refractivity contribution in [3.05, 3.63) is 89.2 Å². The number of allylic oxidation sites excluding steroid dienone is 3. The van der Waals surface area contributed by atoms with Crippen LogP contribution in [-0.2, 0) is 29.8 Å². The Morgan fingerprint density at radius 3 is 2.57 bits per heavy atom. The summed E-state index contributed by atoms with van der Waals surface area (Å²) in [5.41, 5.74) is 2.16. The van der Waals surface area contributed by atoms with Gasteiger partial charge in [0.15, 0.2) is 5.13 Å². The maximum atomic E-state index is 13.1. The molecule has 2 aromatic heterocycles. The lowest BCUT2D eigenvalue weighted by molar-refractivity contribution is -0.138. The lowest BCUT2D eigenvalue weighted by Crippen LogP contribution is -2.55. The maximum absolute atomic E-state index is 13.1. The number of hydrogen-bond donors (Lipinski definition) is 4. The summed E-state index contributed by atoms with van der Waals surface area (Å²) in [4.78, 5) is 55.7. The number of carboxylic acid groups (broad SMARTS) is 1. The van der Waals surface area contributed by atoms with Crippen LogP contribution in [0, 0.1) is 5.92 Å². The second-order valence-corrected chi connectivity index (χ2v) is 14.1. The van der Waals surface area contributed by atoms with E-state index in [4.69, 9.17) is 10.1 Å². The van der Waals surface area contributed by atoms with Crippen LogP contribution in [0.5, 0.6) is 0 Å². The van der Waals surface area contributed by atoms with E-state index in [-0.39, 0.29) is 36.9 Å². The molecule has 0 radical (unpaired) electrons. The van der Waals surface area contributed by atoms with Crippen molar-refractivity contribution in [1.82, 2.24) is 24.5 Å². The van der Waals surface area contributed by atoms with Gasteiger partial charge in [0.1, 0.15) is 0 Å². The van der Waals surface area contributed by atoms with Gasteiger partial charge in [-0.1, -0.05) is 48.6 Å². The first-order valence-corrected chi connectivity index (χ1v) is 17.2. The average molecular weight is 667 g/mol. The number of benzene rings is 1.